The van der Waals surface area contributed by atoms with Crippen molar-refractivity contribution in [3.63, 3.8) is 0 Å². The van der Waals surface area contributed by atoms with E-state index in [1.165, 1.54) is 17.0 Å². The molecule has 0 aliphatic rings. The molecule has 0 heterocycles. The average Bonchev–Trinajstić information content (AvgIpc) is 2.64. The molecule has 0 atom stereocenters. The maximum absolute atomic E-state index is 12.7. The number of alkyl halides is 3. The first kappa shape index (κ1) is 20.8. The van der Waals surface area contributed by atoms with Crippen LogP contribution in [0.3, 0.4) is 0 Å². The number of carbonyl (C=O) groups excluding carboxylic acids is 1. The molecule has 0 radical (unpaired) electrons. The molecule has 2 aromatic rings. The largest absolute Gasteiger partial charge is 0.490 e. The van der Waals surface area contributed by atoms with Gasteiger partial charge in [-0.2, -0.15) is 13.2 Å². The third kappa shape index (κ3) is 5.99. The van der Waals surface area contributed by atoms with Gasteiger partial charge in [0.15, 0.2) is 0 Å². The predicted octanol–water partition coefficient (Wildman–Crippen LogP) is 4.39. The van der Waals surface area contributed by atoms with Gasteiger partial charge in [0.2, 0.25) is 0 Å². The van der Waals surface area contributed by atoms with E-state index in [0.29, 0.717) is 36.7 Å². The summed E-state index contributed by atoms with van der Waals surface area (Å²) >= 11 is 0. The van der Waals surface area contributed by atoms with Crippen molar-refractivity contribution in [3.8, 4) is 5.75 Å². The van der Waals surface area contributed by atoms with E-state index in [4.69, 9.17) is 9.47 Å². The lowest BCUT2D eigenvalue weighted by Gasteiger charge is -2.19. The van der Waals surface area contributed by atoms with E-state index >= 15 is 0 Å². The Balaban J connectivity index is 2.04. The highest BCUT2D eigenvalue weighted by atomic mass is 19.4. The topological polar surface area (TPSA) is 38.8 Å². The Bertz CT molecular complexity index is 745. The van der Waals surface area contributed by atoms with Gasteiger partial charge in [-0.1, -0.05) is 24.3 Å². The molecule has 1 amide bonds. The van der Waals surface area contributed by atoms with Gasteiger partial charge >= 0.3 is 6.18 Å². The minimum absolute atomic E-state index is 0.185. The van der Waals surface area contributed by atoms with Crippen molar-refractivity contribution in [2.45, 2.75) is 19.6 Å². The van der Waals surface area contributed by atoms with Gasteiger partial charge in [-0.05, 0) is 36.8 Å². The Kier molecular flexibility index (Phi) is 7.24. The summed E-state index contributed by atoms with van der Waals surface area (Å²) in [5.41, 5.74) is 0.283. The highest BCUT2D eigenvalue weighted by Crippen LogP contribution is 2.29. The maximum Gasteiger partial charge on any atom is 0.416 e. The summed E-state index contributed by atoms with van der Waals surface area (Å²) in [6.07, 6.45) is -4.38. The molecule has 0 N–H and O–H groups in total. The van der Waals surface area contributed by atoms with Crippen molar-refractivity contribution < 1.29 is 27.4 Å². The highest BCUT2D eigenvalue weighted by Gasteiger charge is 2.30. The average molecular weight is 381 g/mol. The van der Waals surface area contributed by atoms with Crippen molar-refractivity contribution in [1.82, 2.24) is 4.90 Å². The zero-order valence-corrected chi connectivity index (χ0v) is 15.3. The molecule has 2 rings (SSSR count). The number of para-hydroxylation sites is 1. The summed E-state index contributed by atoms with van der Waals surface area (Å²) in [6.45, 7) is 3.39. The maximum atomic E-state index is 12.7. The molecule has 0 aliphatic heterocycles. The molecule has 0 saturated carbocycles. The molecule has 7 heteroatoms. The summed E-state index contributed by atoms with van der Waals surface area (Å²) in [6, 6.07) is 11.6. The van der Waals surface area contributed by atoms with Gasteiger partial charge in [0, 0.05) is 20.2 Å². The molecule has 0 spiro atoms. The van der Waals surface area contributed by atoms with E-state index in [-0.39, 0.29) is 12.5 Å². The molecule has 146 valence electrons. The molecule has 27 heavy (non-hydrogen) atoms. The molecule has 0 saturated heterocycles. The summed E-state index contributed by atoms with van der Waals surface area (Å²) in [4.78, 5) is 14.2. The first-order valence-electron chi connectivity index (χ1n) is 8.54. The third-order valence-electron chi connectivity index (χ3n) is 3.85. The summed E-state index contributed by atoms with van der Waals surface area (Å²) in [5.74, 6) is 0.170. The fraction of sp³-hybridized carbons (Fsp3) is 0.350. The van der Waals surface area contributed by atoms with Crippen LogP contribution in [-0.4, -0.2) is 37.7 Å². The lowest BCUT2D eigenvalue weighted by molar-refractivity contribution is -0.137. The first-order chi connectivity index (χ1) is 12.8. The van der Waals surface area contributed by atoms with Crippen LogP contribution in [0.25, 0.3) is 0 Å². The van der Waals surface area contributed by atoms with Crippen molar-refractivity contribution in [2.75, 3.05) is 26.9 Å². The van der Waals surface area contributed by atoms with Gasteiger partial charge in [0.1, 0.15) is 12.4 Å². The van der Waals surface area contributed by atoms with E-state index in [2.05, 4.69) is 0 Å². The second-order valence-electron chi connectivity index (χ2n) is 5.90. The van der Waals surface area contributed by atoms with Gasteiger partial charge in [-0.3, -0.25) is 4.79 Å². The third-order valence-corrected chi connectivity index (χ3v) is 3.85. The normalized spacial score (nSPS) is 11.3. The molecular formula is C20H22F3NO3. The number of benzene rings is 2. The van der Waals surface area contributed by atoms with Crippen molar-refractivity contribution in [2.24, 2.45) is 0 Å². The molecule has 2 aromatic carbocycles. The molecule has 0 bridgehead atoms. The zero-order valence-electron chi connectivity index (χ0n) is 15.3. The van der Waals surface area contributed by atoms with Gasteiger partial charge in [-0.25, -0.2) is 0 Å². The lowest BCUT2D eigenvalue weighted by Crippen LogP contribution is -2.27. The Labute approximate surface area is 156 Å². The second kappa shape index (κ2) is 9.41. The fourth-order valence-electron chi connectivity index (χ4n) is 2.47. The number of halogens is 3. The van der Waals surface area contributed by atoms with E-state index in [1.54, 1.807) is 31.3 Å². The van der Waals surface area contributed by atoms with Gasteiger partial charge in [0.25, 0.3) is 5.91 Å². The van der Waals surface area contributed by atoms with Crippen LogP contribution < -0.4 is 4.74 Å². The van der Waals surface area contributed by atoms with Gasteiger partial charge in [-0.15, -0.1) is 0 Å². The van der Waals surface area contributed by atoms with Crippen molar-refractivity contribution in [1.29, 1.82) is 0 Å². The van der Waals surface area contributed by atoms with Crippen molar-refractivity contribution in [3.05, 3.63) is 65.2 Å². The summed E-state index contributed by atoms with van der Waals surface area (Å²) in [7, 11) is 1.59. The number of rotatable bonds is 8. The van der Waals surface area contributed by atoms with E-state index < -0.39 is 11.7 Å². The molecule has 0 aliphatic carbocycles. The number of amides is 1. The van der Waals surface area contributed by atoms with Crippen LogP contribution in [0.2, 0.25) is 0 Å². The predicted molar refractivity (Wildman–Crippen MR) is 95.7 cm³/mol. The number of hydrogen-bond donors (Lipinski definition) is 0. The summed E-state index contributed by atoms with van der Waals surface area (Å²) in [5, 5.41) is 0. The van der Waals surface area contributed by atoms with Crippen LogP contribution in [0, 0.1) is 0 Å². The van der Waals surface area contributed by atoms with Crippen LogP contribution in [-0.2, 0) is 17.5 Å². The van der Waals surface area contributed by atoms with Crippen molar-refractivity contribution >= 4 is 5.91 Å². The van der Waals surface area contributed by atoms with E-state index in [0.717, 1.165) is 12.1 Å². The smallest absolute Gasteiger partial charge is 0.416 e. The zero-order chi connectivity index (χ0) is 19.9. The molecular weight excluding hydrogens is 359 g/mol. The van der Waals surface area contributed by atoms with Crippen LogP contribution in [0.1, 0.15) is 28.4 Å². The van der Waals surface area contributed by atoms with Gasteiger partial charge < -0.3 is 14.4 Å². The molecule has 0 unspecified atom stereocenters. The van der Waals surface area contributed by atoms with Gasteiger partial charge in [0.05, 0.1) is 17.7 Å². The Morgan fingerprint density at radius 3 is 2.33 bits per heavy atom. The SMILES string of the molecule is CCOCCOc1ccccc1C(=O)N(C)Cc1ccc(C(F)(F)F)cc1. The number of nitrogens with zero attached hydrogens (tertiary/aromatic N) is 1. The summed E-state index contributed by atoms with van der Waals surface area (Å²) < 4.78 is 48.7. The minimum atomic E-state index is -4.38. The van der Waals surface area contributed by atoms with Crippen LogP contribution in [0.15, 0.2) is 48.5 Å². The van der Waals surface area contributed by atoms with E-state index in [1.807, 2.05) is 6.92 Å². The number of hydrogen-bond acceptors (Lipinski definition) is 3. The minimum Gasteiger partial charge on any atom is -0.490 e. The quantitative estimate of drug-likeness (QED) is 0.637. The van der Waals surface area contributed by atoms with Crippen LogP contribution >= 0.6 is 0 Å². The number of carbonyl (C=O) groups is 1. The second-order valence-corrected chi connectivity index (χ2v) is 5.90. The fourth-order valence-corrected chi connectivity index (χ4v) is 2.47. The number of ether oxygens (including phenoxy) is 2. The van der Waals surface area contributed by atoms with Crippen LogP contribution in [0.4, 0.5) is 13.2 Å². The van der Waals surface area contributed by atoms with E-state index in [9.17, 15) is 18.0 Å². The molecule has 0 fully saturated rings. The Hall–Kier alpha value is -2.54. The molecule has 4 nitrogen and oxygen atoms in total. The standard InChI is InChI=1S/C20H22F3NO3/c1-3-26-12-13-27-18-7-5-4-6-17(18)19(25)24(2)14-15-8-10-16(11-9-15)20(21,22)23/h4-11H,3,12-14H2,1-2H3. The monoisotopic (exact) mass is 381 g/mol. The Morgan fingerprint density at radius 1 is 1.04 bits per heavy atom. The highest BCUT2D eigenvalue weighted by molar-refractivity contribution is 5.96. The molecule has 0 aromatic heterocycles. The first-order valence-corrected chi connectivity index (χ1v) is 8.54. The lowest BCUT2D eigenvalue weighted by atomic mass is 10.1. The van der Waals surface area contributed by atoms with Crippen LogP contribution in [0.5, 0.6) is 5.75 Å². The Morgan fingerprint density at radius 2 is 1.70 bits per heavy atom.